The van der Waals surface area contributed by atoms with E-state index in [0.717, 1.165) is 57.1 Å². The quantitative estimate of drug-likeness (QED) is 0.169. The first-order valence-corrected chi connectivity index (χ1v) is 12.9. The van der Waals surface area contributed by atoms with Gasteiger partial charge in [0.2, 0.25) is 0 Å². The van der Waals surface area contributed by atoms with E-state index in [2.05, 4.69) is 82.6 Å². The van der Waals surface area contributed by atoms with E-state index >= 15 is 0 Å². The molecule has 201 valence electrons. The average molecular weight is 533 g/mol. The van der Waals surface area contributed by atoms with Crippen molar-refractivity contribution >= 4 is 34.1 Å². The molecule has 0 N–H and O–H groups in total. The van der Waals surface area contributed by atoms with Crippen LogP contribution in [0, 0.1) is 0 Å². The molecular weight excluding hydrogens is 500 g/mol. The third-order valence-corrected chi connectivity index (χ3v) is 6.69. The van der Waals surface area contributed by atoms with Crippen LogP contribution in [0.5, 0.6) is 23.0 Å². The first-order chi connectivity index (χ1) is 19.6. The maximum Gasteiger partial charge on any atom is 0.192 e. The molecule has 5 aromatic rings. The minimum atomic E-state index is 0.809. The number of nitrogens with zero attached hydrogens (tertiary/aromatic N) is 2. The zero-order valence-electron chi connectivity index (χ0n) is 23.1. The predicted molar refractivity (Wildman–Crippen MR) is 161 cm³/mol. The largest absolute Gasteiger partial charge is 0.497 e. The summed E-state index contributed by atoms with van der Waals surface area (Å²) in [5.74, 6) is 3.23. The maximum atomic E-state index is 5.39. The molecule has 0 aliphatic carbocycles. The molecule has 0 heterocycles. The van der Waals surface area contributed by atoms with Gasteiger partial charge in [0.15, 0.2) is 17.1 Å². The summed E-state index contributed by atoms with van der Waals surface area (Å²) in [4.78, 5) is 4.40. The number of benzene rings is 5. The first kappa shape index (κ1) is 26.7. The molecule has 0 bridgehead atoms. The first-order valence-electron chi connectivity index (χ1n) is 12.9. The molecule has 6 nitrogen and oxygen atoms in total. The molecule has 0 aliphatic heterocycles. The molecule has 0 saturated carbocycles. The van der Waals surface area contributed by atoms with E-state index in [1.807, 2.05) is 48.5 Å². The number of anilines is 6. The summed E-state index contributed by atoms with van der Waals surface area (Å²) in [5.41, 5.74) is 6.09. The second-order valence-electron chi connectivity index (χ2n) is 8.98. The molecule has 0 fully saturated rings. The van der Waals surface area contributed by atoms with Gasteiger partial charge in [-0.25, -0.2) is 0 Å². The molecule has 0 aromatic heterocycles. The Morgan fingerprint density at radius 3 is 0.850 bits per heavy atom. The van der Waals surface area contributed by atoms with Crippen molar-refractivity contribution in [1.29, 1.82) is 0 Å². The molecule has 0 unspecified atom stereocenters. The summed E-state index contributed by atoms with van der Waals surface area (Å²) in [5, 5.41) is 0. The topological polar surface area (TPSA) is 46.1 Å². The van der Waals surface area contributed by atoms with Crippen LogP contribution < -0.4 is 28.7 Å². The van der Waals surface area contributed by atoms with E-state index in [1.54, 1.807) is 28.4 Å². The second-order valence-corrected chi connectivity index (χ2v) is 8.98. The zero-order valence-corrected chi connectivity index (χ0v) is 23.1. The van der Waals surface area contributed by atoms with Crippen LogP contribution in [0.4, 0.5) is 34.1 Å². The van der Waals surface area contributed by atoms with Crippen molar-refractivity contribution < 1.29 is 18.9 Å². The van der Waals surface area contributed by atoms with E-state index < -0.39 is 0 Å². The monoisotopic (exact) mass is 532 g/mol. The molecule has 0 amide bonds. The third-order valence-electron chi connectivity index (χ3n) is 6.69. The molecule has 5 rings (SSSR count). The van der Waals surface area contributed by atoms with Crippen molar-refractivity contribution in [3.63, 3.8) is 0 Å². The van der Waals surface area contributed by atoms with Crippen molar-refractivity contribution in [2.24, 2.45) is 0 Å². The lowest BCUT2D eigenvalue weighted by Gasteiger charge is -2.26. The molecule has 0 saturated heterocycles. The van der Waals surface area contributed by atoms with Crippen LogP contribution in [0.1, 0.15) is 0 Å². The Balaban J connectivity index is 1.56. The Morgan fingerprint density at radius 1 is 0.350 bits per heavy atom. The summed E-state index contributed by atoms with van der Waals surface area (Å²) < 4.78 is 21.6. The lowest BCUT2D eigenvalue weighted by Crippen LogP contribution is -2.13. The predicted octanol–water partition coefficient (Wildman–Crippen LogP) is 8.63. The van der Waals surface area contributed by atoms with Gasteiger partial charge in [-0.1, -0.05) is 4.90 Å². The van der Waals surface area contributed by atoms with E-state index in [-0.39, 0.29) is 0 Å². The van der Waals surface area contributed by atoms with Crippen molar-refractivity contribution in [3.8, 4) is 23.0 Å². The molecule has 6 heteroatoms. The summed E-state index contributed by atoms with van der Waals surface area (Å²) in [6.45, 7) is 0. The van der Waals surface area contributed by atoms with Crippen molar-refractivity contribution in [2.45, 2.75) is 0 Å². The van der Waals surface area contributed by atoms with Gasteiger partial charge in [-0.15, -0.1) is 0 Å². The van der Waals surface area contributed by atoms with E-state index in [0.29, 0.717) is 0 Å². The zero-order chi connectivity index (χ0) is 27.9. The molecule has 0 atom stereocenters. The molecular formula is C34H32N2O4+. The molecule has 40 heavy (non-hydrogen) atoms. The van der Waals surface area contributed by atoms with E-state index in [1.165, 1.54) is 0 Å². The van der Waals surface area contributed by atoms with Gasteiger partial charge in [-0.3, -0.25) is 0 Å². The van der Waals surface area contributed by atoms with Gasteiger partial charge >= 0.3 is 0 Å². The Morgan fingerprint density at radius 2 is 0.575 bits per heavy atom. The lowest BCUT2D eigenvalue weighted by molar-refractivity contribution is 0.414. The molecule has 0 aliphatic rings. The van der Waals surface area contributed by atoms with Crippen LogP contribution in [0.25, 0.3) is 0 Å². The number of hydrogen-bond donors (Lipinski definition) is 0. The van der Waals surface area contributed by atoms with Crippen LogP contribution in [-0.4, -0.2) is 28.4 Å². The number of rotatable bonds is 10. The van der Waals surface area contributed by atoms with Gasteiger partial charge in [-0.2, -0.15) is 0 Å². The maximum absolute atomic E-state index is 5.39. The molecule has 0 spiro atoms. The highest BCUT2D eigenvalue weighted by molar-refractivity contribution is 5.78. The minimum absolute atomic E-state index is 0.809. The van der Waals surface area contributed by atoms with E-state index in [4.69, 9.17) is 18.9 Å². The van der Waals surface area contributed by atoms with Gasteiger partial charge in [0.25, 0.3) is 0 Å². The third kappa shape index (κ3) is 5.72. The second kappa shape index (κ2) is 12.3. The average Bonchev–Trinajstić information content (AvgIpc) is 3.03. The van der Waals surface area contributed by atoms with E-state index in [9.17, 15) is 0 Å². The Bertz CT molecular complexity index is 1290. The standard InChI is InChI=1S/C34H32N2O4/c1-37-31-17-9-27(10-18-31)35(28-11-19-32(38-2)20-12-28)25-5-7-26(8-6-25)36(29-13-21-33(39-3)22-14-29)30-15-23-34(40-4)24-16-30/h5-24H,1-4H3/q+1. The Labute approximate surface area is 235 Å². The van der Waals surface area contributed by atoms with Gasteiger partial charge in [-0.05, 0) is 84.9 Å². The SMILES string of the molecule is COc1ccc(N(c2ccc(OC)cc2)c2ccc([N+](c3ccc(OC)cc3)c3ccc(OC)cc3)cc2)cc1. The molecule has 1 radical (unpaired) electrons. The van der Waals surface area contributed by atoms with Gasteiger partial charge in [0.1, 0.15) is 23.0 Å². The van der Waals surface area contributed by atoms with Crippen molar-refractivity contribution in [3.05, 3.63) is 121 Å². The summed E-state index contributed by atoms with van der Waals surface area (Å²) >= 11 is 0. The minimum Gasteiger partial charge on any atom is -0.497 e. The Hall–Kier alpha value is -4.94. The highest BCUT2D eigenvalue weighted by Crippen LogP contribution is 2.40. The normalized spacial score (nSPS) is 10.7. The highest BCUT2D eigenvalue weighted by atomic mass is 16.5. The van der Waals surface area contributed by atoms with Crippen LogP contribution >= 0.6 is 0 Å². The summed E-state index contributed by atoms with van der Waals surface area (Å²) in [6.07, 6.45) is 0. The fourth-order valence-electron chi connectivity index (χ4n) is 4.57. The molecule has 5 aromatic carbocycles. The van der Waals surface area contributed by atoms with Crippen LogP contribution in [0.3, 0.4) is 0 Å². The highest BCUT2D eigenvalue weighted by Gasteiger charge is 2.26. The Kier molecular flexibility index (Phi) is 8.18. The fraction of sp³-hybridized carbons (Fsp3) is 0.118. The van der Waals surface area contributed by atoms with Crippen LogP contribution in [-0.2, 0) is 0 Å². The van der Waals surface area contributed by atoms with Crippen LogP contribution in [0.15, 0.2) is 121 Å². The number of hydrogen-bond acceptors (Lipinski definition) is 6. The number of methoxy groups -OCH3 is 4. The van der Waals surface area contributed by atoms with Gasteiger partial charge in [0.05, 0.1) is 28.4 Å². The smallest absolute Gasteiger partial charge is 0.192 e. The fourth-order valence-corrected chi connectivity index (χ4v) is 4.57. The van der Waals surface area contributed by atoms with Gasteiger partial charge < -0.3 is 23.8 Å². The number of ether oxygens (including phenoxy) is 4. The van der Waals surface area contributed by atoms with Crippen molar-refractivity contribution in [2.75, 3.05) is 33.3 Å². The van der Waals surface area contributed by atoms with Crippen LogP contribution in [0.2, 0.25) is 0 Å². The summed E-state index contributed by atoms with van der Waals surface area (Å²) in [6, 6.07) is 40.7. The lowest BCUT2D eigenvalue weighted by atomic mass is 10.1. The summed E-state index contributed by atoms with van der Waals surface area (Å²) in [7, 11) is 6.69. The van der Waals surface area contributed by atoms with Gasteiger partial charge in [0, 0.05) is 53.5 Å². The van der Waals surface area contributed by atoms with Crippen molar-refractivity contribution in [1.82, 2.24) is 4.90 Å².